The lowest BCUT2D eigenvalue weighted by atomic mass is 10.1. The van der Waals surface area contributed by atoms with Crippen LogP contribution < -0.4 is 10.4 Å². The monoisotopic (exact) mass is 307 g/mol. The number of aromatic nitrogens is 3. The molecule has 0 bridgehead atoms. The van der Waals surface area contributed by atoms with Gasteiger partial charge in [0, 0.05) is 23.9 Å². The van der Waals surface area contributed by atoms with E-state index in [1.165, 1.54) is 23.3 Å². The van der Waals surface area contributed by atoms with E-state index < -0.39 is 0 Å². The Morgan fingerprint density at radius 2 is 2.24 bits per heavy atom. The molecule has 0 aliphatic carbocycles. The molecule has 2 aromatic rings. The molecule has 0 unspecified atom stereocenters. The molecule has 0 amide bonds. The number of benzene rings is 1. The van der Waals surface area contributed by atoms with Gasteiger partial charge in [0.2, 0.25) is 0 Å². The Hall–Kier alpha value is -2.02. The molecule has 0 radical (unpaired) electrons. The lowest BCUT2D eigenvalue weighted by molar-refractivity contribution is 0.101. The normalized spacial score (nSPS) is 10.6. The SMILES string of the molecule is CCOc1ccc(C(C)=O)cc1CSc1n[nH]c(=O)n1C. The van der Waals surface area contributed by atoms with E-state index in [0.717, 1.165) is 11.3 Å². The standard InChI is InChI=1S/C14H17N3O3S/c1-4-20-12-6-5-10(9(2)18)7-11(12)8-21-14-16-15-13(19)17(14)3/h5-7H,4,8H2,1-3H3,(H,15,19). The second kappa shape index (κ2) is 6.62. The summed E-state index contributed by atoms with van der Waals surface area (Å²) < 4.78 is 7.02. The van der Waals surface area contributed by atoms with Crippen LogP contribution in [0.25, 0.3) is 0 Å². The van der Waals surface area contributed by atoms with Crippen molar-refractivity contribution in [2.45, 2.75) is 24.8 Å². The van der Waals surface area contributed by atoms with Crippen molar-refractivity contribution >= 4 is 17.5 Å². The minimum absolute atomic E-state index is 0.0106. The maximum Gasteiger partial charge on any atom is 0.343 e. The molecule has 0 atom stereocenters. The van der Waals surface area contributed by atoms with E-state index in [9.17, 15) is 9.59 Å². The summed E-state index contributed by atoms with van der Waals surface area (Å²) in [5, 5.41) is 6.93. The van der Waals surface area contributed by atoms with Crippen molar-refractivity contribution in [2.24, 2.45) is 7.05 Å². The molecule has 112 valence electrons. The Balaban J connectivity index is 2.24. The van der Waals surface area contributed by atoms with Gasteiger partial charge >= 0.3 is 5.69 Å². The van der Waals surface area contributed by atoms with Crippen molar-refractivity contribution in [1.82, 2.24) is 14.8 Å². The van der Waals surface area contributed by atoms with Gasteiger partial charge in [-0.1, -0.05) is 11.8 Å². The first-order chi connectivity index (χ1) is 10.0. The van der Waals surface area contributed by atoms with Gasteiger partial charge in [0.25, 0.3) is 0 Å². The Morgan fingerprint density at radius 1 is 1.48 bits per heavy atom. The van der Waals surface area contributed by atoms with Gasteiger partial charge < -0.3 is 4.74 Å². The summed E-state index contributed by atoms with van der Waals surface area (Å²) in [7, 11) is 1.66. The summed E-state index contributed by atoms with van der Waals surface area (Å²) in [6.45, 7) is 4.00. The summed E-state index contributed by atoms with van der Waals surface area (Å²) in [6, 6.07) is 5.39. The lowest BCUT2D eigenvalue weighted by Crippen LogP contribution is -2.12. The Kier molecular flexibility index (Phi) is 4.85. The quantitative estimate of drug-likeness (QED) is 0.652. The molecule has 1 aromatic carbocycles. The van der Waals surface area contributed by atoms with Crippen molar-refractivity contribution in [1.29, 1.82) is 0 Å². The number of thioether (sulfide) groups is 1. The zero-order valence-electron chi connectivity index (χ0n) is 12.2. The average Bonchev–Trinajstić information content (AvgIpc) is 2.78. The fraction of sp³-hybridized carbons (Fsp3) is 0.357. The van der Waals surface area contributed by atoms with Gasteiger partial charge in [-0.05, 0) is 32.0 Å². The number of nitrogens with zero attached hydrogens (tertiary/aromatic N) is 2. The average molecular weight is 307 g/mol. The molecule has 21 heavy (non-hydrogen) atoms. The molecule has 2 rings (SSSR count). The molecule has 0 saturated heterocycles. The first kappa shape index (κ1) is 15.4. The Morgan fingerprint density at radius 3 is 2.81 bits per heavy atom. The van der Waals surface area contributed by atoms with E-state index in [0.29, 0.717) is 23.1 Å². The summed E-state index contributed by atoms with van der Waals surface area (Å²) in [5.74, 6) is 1.32. The van der Waals surface area contributed by atoms with Gasteiger partial charge in [-0.3, -0.25) is 9.36 Å². The molecule has 6 nitrogen and oxygen atoms in total. The molecule has 0 saturated carbocycles. The molecule has 1 N–H and O–H groups in total. The molecule has 0 aliphatic heterocycles. The summed E-state index contributed by atoms with van der Waals surface area (Å²) in [6.07, 6.45) is 0. The highest BCUT2D eigenvalue weighted by atomic mass is 32.2. The van der Waals surface area contributed by atoms with Crippen molar-refractivity contribution < 1.29 is 9.53 Å². The van der Waals surface area contributed by atoms with Crippen LogP contribution in [-0.2, 0) is 12.8 Å². The van der Waals surface area contributed by atoms with Crippen LogP contribution in [0.3, 0.4) is 0 Å². The van der Waals surface area contributed by atoms with E-state index in [1.54, 1.807) is 19.2 Å². The number of rotatable bonds is 6. The number of carbonyl (C=O) groups is 1. The minimum atomic E-state index is -0.250. The summed E-state index contributed by atoms with van der Waals surface area (Å²) in [4.78, 5) is 22.8. The van der Waals surface area contributed by atoms with Gasteiger partial charge in [0.15, 0.2) is 10.9 Å². The second-order valence-corrected chi connectivity index (χ2v) is 5.41. The molecule has 0 spiro atoms. The number of aromatic amines is 1. The topological polar surface area (TPSA) is 77.0 Å². The van der Waals surface area contributed by atoms with Gasteiger partial charge in [0.05, 0.1) is 6.61 Å². The van der Waals surface area contributed by atoms with Gasteiger partial charge in [-0.25, -0.2) is 9.89 Å². The summed E-state index contributed by atoms with van der Waals surface area (Å²) in [5.41, 5.74) is 1.30. The molecular weight excluding hydrogens is 290 g/mol. The predicted molar refractivity (Wildman–Crippen MR) is 81.0 cm³/mol. The zero-order chi connectivity index (χ0) is 15.4. The van der Waals surface area contributed by atoms with Gasteiger partial charge in [-0.15, -0.1) is 5.10 Å². The van der Waals surface area contributed by atoms with Gasteiger partial charge in [0.1, 0.15) is 5.75 Å². The van der Waals surface area contributed by atoms with Crippen LogP contribution in [0.5, 0.6) is 5.75 Å². The molecule has 0 aliphatic rings. The third-order valence-electron chi connectivity index (χ3n) is 2.96. The third-order valence-corrected chi connectivity index (χ3v) is 4.04. The van der Waals surface area contributed by atoms with Crippen LogP contribution >= 0.6 is 11.8 Å². The highest BCUT2D eigenvalue weighted by Crippen LogP contribution is 2.27. The maximum absolute atomic E-state index is 11.5. The van der Waals surface area contributed by atoms with Crippen LogP contribution in [-0.4, -0.2) is 27.2 Å². The number of carbonyl (C=O) groups excluding carboxylic acids is 1. The molecular formula is C14H17N3O3S. The molecule has 1 heterocycles. The predicted octanol–water partition coefficient (Wildman–Crippen LogP) is 2.00. The Labute approximate surface area is 126 Å². The van der Waals surface area contributed by atoms with Crippen LogP contribution in [0.4, 0.5) is 0 Å². The van der Waals surface area contributed by atoms with E-state index in [-0.39, 0.29) is 11.5 Å². The number of hydrogen-bond acceptors (Lipinski definition) is 5. The maximum atomic E-state index is 11.5. The minimum Gasteiger partial charge on any atom is -0.494 e. The molecule has 7 heteroatoms. The number of nitrogens with one attached hydrogen (secondary N) is 1. The number of ketones is 1. The lowest BCUT2D eigenvalue weighted by Gasteiger charge is -2.11. The van der Waals surface area contributed by atoms with Crippen molar-refractivity contribution in [2.75, 3.05) is 6.61 Å². The van der Waals surface area contributed by atoms with Crippen LogP contribution in [0, 0.1) is 0 Å². The van der Waals surface area contributed by atoms with E-state index in [1.807, 2.05) is 13.0 Å². The molecule has 1 aromatic heterocycles. The van der Waals surface area contributed by atoms with E-state index in [4.69, 9.17) is 4.74 Å². The van der Waals surface area contributed by atoms with E-state index in [2.05, 4.69) is 10.2 Å². The first-order valence-electron chi connectivity index (χ1n) is 6.53. The fourth-order valence-corrected chi connectivity index (χ4v) is 2.71. The largest absolute Gasteiger partial charge is 0.494 e. The number of ether oxygens (including phenoxy) is 1. The zero-order valence-corrected chi connectivity index (χ0v) is 13.0. The first-order valence-corrected chi connectivity index (χ1v) is 7.52. The van der Waals surface area contributed by atoms with Crippen LogP contribution in [0.15, 0.2) is 28.2 Å². The number of hydrogen-bond donors (Lipinski definition) is 1. The number of H-pyrrole nitrogens is 1. The number of Topliss-reactive ketones (excluding diaryl/α,β-unsaturated/α-hetero) is 1. The molecule has 0 fully saturated rings. The second-order valence-electron chi connectivity index (χ2n) is 4.47. The van der Waals surface area contributed by atoms with Crippen molar-refractivity contribution in [3.8, 4) is 5.75 Å². The van der Waals surface area contributed by atoms with Crippen LogP contribution in [0.1, 0.15) is 29.8 Å². The van der Waals surface area contributed by atoms with Crippen molar-refractivity contribution in [3.05, 3.63) is 39.8 Å². The van der Waals surface area contributed by atoms with Crippen LogP contribution in [0.2, 0.25) is 0 Å². The van der Waals surface area contributed by atoms with E-state index >= 15 is 0 Å². The summed E-state index contributed by atoms with van der Waals surface area (Å²) >= 11 is 1.41. The highest BCUT2D eigenvalue weighted by Gasteiger charge is 2.11. The Bertz CT molecular complexity index is 706. The van der Waals surface area contributed by atoms with Gasteiger partial charge in [-0.2, -0.15) is 0 Å². The third kappa shape index (κ3) is 3.55. The fourth-order valence-electron chi connectivity index (χ4n) is 1.81. The smallest absolute Gasteiger partial charge is 0.343 e. The highest BCUT2D eigenvalue weighted by molar-refractivity contribution is 7.98. The van der Waals surface area contributed by atoms with Crippen molar-refractivity contribution in [3.63, 3.8) is 0 Å².